The molecule has 23 heavy (non-hydrogen) atoms. The van der Waals surface area contributed by atoms with Crippen LogP contribution in [0.4, 0.5) is 4.39 Å². The molecule has 130 valence electrons. The van der Waals surface area contributed by atoms with E-state index in [1.165, 1.54) is 27.3 Å². The van der Waals surface area contributed by atoms with Crippen LogP contribution in [0.1, 0.15) is 5.56 Å². The molecule has 6 nitrogen and oxygen atoms in total. The first kappa shape index (κ1) is 18.1. The lowest BCUT2D eigenvalue weighted by Crippen LogP contribution is -2.33. The minimum absolute atomic E-state index is 0.0993. The molecule has 0 aromatic heterocycles. The molecule has 0 saturated carbocycles. The van der Waals surface area contributed by atoms with Gasteiger partial charge in [0.25, 0.3) is 0 Å². The van der Waals surface area contributed by atoms with Crippen molar-refractivity contribution >= 4 is 10.0 Å². The summed E-state index contributed by atoms with van der Waals surface area (Å²) in [6.07, 6.45) is -0.718. The van der Waals surface area contributed by atoms with Gasteiger partial charge in [-0.05, 0) is 6.07 Å². The molecule has 0 radical (unpaired) electrons. The lowest BCUT2D eigenvalue weighted by atomic mass is 10.1. The van der Waals surface area contributed by atoms with Crippen LogP contribution in [0.5, 0.6) is 5.75 Å². The van der Waals surface area contributed by atoms with Crippen LogP contribution in [0.25, 0.3) is 0 Å². The molecule has 1 heterocycles. The minimum atomic E-state index is -3.37. The van der Waals surface area contributed by atoms with Crippen molar-refractivity contribution in [3.05, 3.63) is 29.6 Å². The number of benzene rings is 1. The van der Waals surface area contributed by atoms with Crippen LogP contribution < -0.4 is 4.74 Å². The molecule has 0 spiro atoms. The number of hydrogen-bond donors (Lipinski definition) is 1. The molecule has 1 aliphatic rings. The third-order valence-corrected chi connectivity index (χ3v) is 6.07. The summed E-state index contributed by atoms with van der Waals surface area (Å²) in [6.45, 7) is 1.19. The monoisotopic (exact) mass is 346 g/mol. The number of ether oxygens (including phenoxy) is 1. The second kappa shape index (κ2) is 7.12. The predicted octanol–water partition coefficient (Wildman–Crippen LogP) is 0.518. The highest BCUT2D eigenvalue weighted by Gasteiger charge is 2.35. The Bertz CT molecular complexity index is 651. The first-order chi connectivity index (χ1) is 10.7. The third kappa shape index (κ3) is 4.20. The molecular formula is C15H23FN2O4S. The number of aliphatic hydroxyl groups excluding tert-OH is 1. The number of halogens is 1. The summed E-state index contributed by atoms with van der Waals surface area (Å²) in [5.74, 6) is -0.706. The van der Waals surface area contributed by atoms with Gasteiger partial charge in [0, 0.05) is 45.2 Å². The van der Waals surface area contributed by atoms with Crippen molar-refractivity contribution < 1.29 is 22.7 Å². The number of rotatable bonds is 6. The second-order valence-corrected chi connectivity index (χ2v) is 8.24. The van der Waals surface area contributed by atoms with E-state index in [9.17, 15) is 17.9 Å². The van der Waals surface area contributed by atoms with Crippen LogP contribution in [0, 0.1) is 11.7 Å². The fraction of sp³-hybridized carbons (Fsp3) is 0.600. The van der Waals surface area contributed by atoms with Crippen LogP contribution in [-0.4, -0.2) is 68.9 Å². The van der Waals surface area contributed by atoms with E-state index in [4.69, 9.17) is 4.74 Å². The molecule has 0 aliphatic carbocycles. The SMILES string of the molecule is COc1c(F)cccc1CN1C[C@@H](CS(=O)(=O)N(C)C)[C@H](O)C1. The Kier molecular flexibility index (Phi) is 5.61. The maximum atomic E-state index is 13.7. The molecule has 1 fully saturated rings. The number of aliphatic hydroxyl groups is 1. The van der Waals surface area contributed by atoms with E-state index in [2.05, 4.69) is 0 Å². The highest BCUT2D eigenvalue weighted by atomic mass is 32.2. The van der Waals surface area contributed by atoms with E-state index in [1.807, 2.05) is 4.90 Å². The molecule has 0 bridgehead atoms. The van der Waals surface area contributed by atoms with Gasteiger partial charge in [-0.3, -0.25) is 4.90 Å². The highest BCUT2D eigenvalue weighted by Crippen LogP contribution is 2.27. The Balaban J connectivity index is 2.06. The molecule has 1 aliphatic heterocycles. The van der Waals surface area contributed by atoms with Gasteiger partial charge in [-0.25, -0.2) is 17.1 Å². The topological polar surface area (TPSA) is 70.1 Å². The van der Waals surface area contributed by atoms with E-state index in [-0.39, 0.29) is 17.4 Å². The van der Waals surface area contributed by atoms with Crippen molar-refractivity contribution in [1.82, 2.24) is 9.21 Å². The van der Waals surface area contributed by atoms with E-state index in [0.29, 0.717) is 25.2 Å². The highest BCUT2D eigenvalue weighted by molar-refractivity contribution is 7.89. The lowest BCUT2D eigenvalue weighted by molar-refractivity contribution is 0.148. The van der Waals surface area contributed by atoms with Gasteiger partial charge < -0.3 is 9.84 Å². The van der Waals surface area contributed by atoms with E-state index in [0.717, 1.165) is 4.31 Å². The van der Waals surface area contributed by atoms with Gasteiger partial charge >= 0.3 is 0 Å². The number of sulfonamides is 1. The minimum Gasteiger partial charge on any atom is -0.493 e. The fourth-order valence-electron chi connectivity index (χ4n) is 2.80. The summed E-state index contributed by atoms with van der Waals surface area (Å²) >= 11 is 0. The molecule has 0 amide bonds. The molecule has 0 unspecified atom stereocenters. The average molecular weight is 346 g/mol. The predicted molar refractivity (Wildman–Crippen MR) is 85.2 cm³/mol. The van der Waals surface area contributed by atoms with Crippen molar-refractivity contribution in [3.8, 4) is 5.75 Å². The van der Waals surface area contributed by atoms with Gasteiger partial charge in [0.1, 0.15) is 0 Å². The Labute approximate surface area is 136 Å². The molecule has 1 aromatic rings. The van der Waals surface area contributed by atoms with E-state index >= 15 is 0 Å². The van der Waals surface area contributed by atoms with Crippen LogP contribution in [0.3, 0.4) is 0 Å². The number of nitrogens with zero attached hydrogens (tertiary/aromatic N) is 2. The zero-order valence-electron chi connectivity index (χ0n) is 13.6. The number of β-amino-alcohol motifs (C(OH)–C–C–N with tert-alkyl or cyclic N) is 1. The first-order valence-corrected chi connectivity index (χ1v) is 8.97. The molecule has 1 N–H and O–H groups in total. The largest absolute Gasteiger partial charge is 0.493 e. The molecule has 1 aromatic carbocycles. The van der Waals surface area contributed by atoms with E-state index in [1.54, 1.807) is 12.1 Å². The maximum absolute atomic E-state index is 13.7. The van der Waals surface area contributed by atoms with Gasteiger partial charge in [-0.1, -0.05) is 12.1 Å². The summed E-state index contributed by atoms with van der Waals surface area (Å²) < 4.78 is 43.9. The molecule has 2 rings (SSSR count). The Hall–Kier alpha value is -1.22. The van der Waals surface area contributed by atoms with Crippen LogP contribution in [0.15, 0.2) is 18.2 Å². The Morgan fingerprint density at radius 3 is 2.70 bits per heavy atom. The number of hydrogen-bond acceptors (Lipinski definition) is 5. The standard InChI is InChI=1S/C15H23FN2O4S/c1-17(2)23(20,21)10-12-8-18(9-14(12)19)7-11-5-4-6-13(16)15(11)22-3/h4-6,12,14,19H,7-10H2,1-3H3/t12-,14+/m0/s1. The molecule has 1 saturated heterocycles. The van der Waals surface area contributed by atoms with Gasteiger partial charge in [0.15, 0.2) is 11.6 Å². The van der Waals surface area contributed by atoms with Crippen molar-refractivity contribution in [2.75, 3.05) is 40.0 Å². The number of likely N-dealkylation sites (tertiary alicyclic amines) is 1. The average Bonchev–Trinajstić information content (AvgIpc) is 2.78. The zero-order valence-corrected chi connectivity index (χ0v) is 14.4. The van der Waals surface area contributed by atoms with Crippen LogP contribution >= 0.6 is 0 Å². The zero-order chi connectivity index (χ0) is 17.2. The Morgan fingerprint density at radius 2 is 2.09 bits per heavy atom. The van der Waals surface area contributed by atoms with Gasteiger partial charge in [-0.2, -0.15) is 0 Å². The summed E-state index contributed by atoms with van der Waals surface area (Å²) in [4.78, 5) is 1.91. The quantitative estimate of drug-likeness (QED) is 0.813. The molecule has 8 heteroatoms. The van der Waals surface area contributed by atoms with Gasteiger partial charge in [0.05, 0.1) is 19.0 Å². The summed E-state index contributed by atoms with van der Waals surface area (Å²) in [7, 11) is 0.998. The summed E-state index contributed by atoms with van der Waals surface area (Å²) in [6, 6.07) is 4.69. The van der Waals surface area contributed by atoms with E-state index < -0.39 is 21.9 Å². The summed E-state index contributed by atoms with van der Waals surface area (Å²) in [5.41, 5.74) is 0.677. The number of methoxy groups -OCH3 is 1. The van der Waals surface area contributed by atoms with Gasteiger partial charge in [-0.15, -0.1) is 0 Å². The molecule has 2 atom stereocenters. The summed E-state index contributed by atoms with van der Waals surface area (Å²) in [5, 5.41) is 10.1. The number of para-hydroxylation sites is 1. The van der Waals surface area contributed by atoms with Crippen molar-refractivity contribution in [2.45, 2.75) is 12.6 Å². The third-order valence-electron chi connectivity index (χ3n) is 4.11. The van der Waals surface area contributed by atoms with Crippen molar-refractivity contribution in [3.63, 3.8) is 0 Å². The van der Waals surface area contributed by atoms with Crippen LogP contribution in [-0.2, 0) is 16.6 Å². The lowest BCUT2D eigenvalue weighted by Gasteiger charge is -2.19. The van der Waals surface area contributed by atoms with Crippen molar-refractivity contribution in [1.29, 1.82) is 0 Å². The Morgan fingerprint density at radius 1 is 1.39 bits per heavy atom. The molecular weight excluding hydrogens is 323 g/mol. The maximum Gasteiger partial charge on any atom is 0.214 e. The smallest absolute Gasteiger partial charge is 0.214 e. The fourth-order valence-corrected chi connectivity index (χ4v) is 3.97. The first-order valence-electron chi connectivity index (χ1n) is 7.36. The van der Waals surface area contributed by atoms with Gasteiger partial charge in [0.2, 0.25) is 10.0 Å². The van der Waals surface area contributed by atoms with Crippen molar-refractivity contribution in [2.24, 2.45) is 5.92 Å². The second-order valence-electron chi connectivity index (χ2n) is 6.01. The normalized spacial score (nSPS) is 22.7. The van der Waals surface area contributed by atoms with Crippen LogP contribution in [0.2, 0.25) is 0 Å².